The Morgan fingerprint density at radius 3 is 2.62 bits per heavy atom. The van der Waals surface area contributed by atoms with E-state index in [1.807, 2.05) is 0 Å². The molecule has 9 heteroatoms. The number of carbonyl (C=O) groups excluding carboxylic acids is 1. The van der Waals surface area contributed by atoms with Crippen molar-refractivity contribution in [2.45, 2.75) is 44.6 Å². The number of carboxylic acid groups (broad SMARTS) is 1. The van der Waals surface area contributed by atoms with E-state index in [1.165, 1.54) is 22.9 Å². The fourth-order valence-corrected chi connectivity index (χ4v) is 3.40. The average Bonchev–Trinajstić information content (AvgIpc) is 2.99. The number of carbonyl (C=O) groups is 2. The Balaban J connectivity index is 1.88. The molecular formula is C17H18ClFN4O3. The van der Waals surface area contributed by atoms with Crippen molar-refractivity contribution in [2.75, 3.05) is 0 Å². The van der Waals surface area contributed by atoms with E-state index < -0.39 is 23.2 Å². The zero-order valence-electron chi connectivity index (χ0n) is 14.1. The van der Waals surface area contributed by atoms with E-state index >= 15 is 0 Å². The molecule has 1 heterocycles. The third kappa shape index (κ3) is 3.29. The number of hydrogen-bond acceptors (Lipinski definition) is 4. The summed E-state index contributed by atoms with van der Waals surface area (Å²) >= 11 is 5.79. The number of nitrogens with one attached hydrogen (secondary N) is 1. The van der Waals surface area contributed by atoms with E-state index in [4.69, 9.17) is 11.6 Å². The van der Waals surface area contributed by atoms with Gasteiger partial charge in [0.2, 0.25) is 0 Å². The van der Waals surface area contributed by atoms with Crippen molar-refractivity contribution in [2.24, 2.45) is 0 Å². The van der Waals surface area contributed by atoms with Crippen molar-refractivity contribution in [1.29, 1.82) is 0 Å². The van der Waals surface area contributed by atoms with E-state index in [9.17, 15) is 19.1 Å². The van der Waals surface area contributed by atoms with Crippen molar-refractivity contribution in [1.82, 2.24) is 20.3 Å². The first-order valence-corrected chi connectivity index (χ1v) is 8.65. The summed E-state index contributed by atoms with van der Waals surface area (Å²) in [5.41, 5.74) is -0.394. The molecule has 2 N–H and O–H groups in total. The maximum atomic E-state index is 13.3. The molecule has 0 spiro atoms. The molecule has 3 rings (SSSR count). The molecule has 7 nitrogen and oxygen atoms in total. The Morgan fingerprint density at radius 1 is 1.31 bits per heavy atom. The molecule has 1 aliphatic carbocycles. The van der Waals surface area contributed by atoms with Gasteiger partial charge in [-0.1, -0.05) is 36.1 Å². The van der Waals surface area contributed by atoms with Crippen LogP contribution in [0, 0.1) is 12.7 Å². The van der Waals surface area contributed by atoms with Gasteiger partial charge in [-0.3, -0.25) is 4.79 Å². The van der Waals surface area contributed by atoms with Crippen molar-refractivity contribution < 1.29 is 19.1 Å². The minimum atomic E-state index is -1.27. The predicted octanol–water partition coefficient (Wildman–Crippen LogP) is 2.89. The molecule has 1 fully saturated rings. The van der Waals surface area contributed by atoms with Crippen molar-refractivity contribution in [3.05, 3.63) is 40.4 Å². The van der Waals surface area contributed by atoms with Crippen LogP contribution in [0.1, 0.15) is 48.3 Å². The van der Waals surface area contributed by atoms with E-state index in [0.29, 0.717) is 24.2 Å². The topological polar surface area (TPSA) is 97.1 Å². The summed E-state index contributed by atoms with van der Waals surface area (Å²) in [7, 11) is 0. The summed E-state index contributed by atoms with van der Waals surface area (Å²) in [5.74, 6) is -2.20. The summed E-state index contributed by atoms with van der Waals surface area (Å²) in [6.07, 6.45) is 3.20. The van der Waals surface area contributed by atoms with Crippen LogP contribution in [0.4, 0.5) is 4.39 Å². The lowest BCUT2D eigenvalue weighted by molar-refractivity contribution is -0.145. The van der Waals surface area contributed by atoms with Crippen LogP contribution in [-0.2, 0) is 4.79 Å². The van der Waals surface area contributed by atoms with Gasteiger partial charge in [-0.2, -0.15) is 0 Å². The molecule has 1 aromatic carbocycles. The number of benzene rings is 1. The largest absolute Gasteiger partial charge is 0.480 e. The van der Waals surface area contributed by atoms with Gasteiger partial charge in [0.1, 0.15) is 11.4 Å². The van der Waals surface area contributed by atoms with Crippen LogP contribution < -0.4 is 5.32 Å². The summed E-state index contributed by atoms with van der Waals surface area (Å²) in [4.78, 5) is 24.4. The van der Waals surface area contributed by atoms with Gasteiger partial charge in [0.15, 0.2) is 5.69 Å². The number of aliphatic carboxylic acids is 1. The number of aromatic nitrogens is 3. The second kappa shape index (κ2) is 7.03. The molecule has 1 aromatic heterocycles. The summed E-state index contributed by atoms with van der Waals surface area (Å²) < 4.78 is 14.7. The van der Waals surface area contributed by atoms with Gasteiger partial charge in [-0.25, -0.2) is 13.9 Å². The van der Waals surface area contributed by atoms with Gasteiger partial charge in [-0.05, 0) is 38.0 Å². The van der Waals surface area contributed by atoms with Gasteiger partial charge >= 0.3 is 5.97 Å². The lowest BCUT2D eigenvalue weighted by Crippen LogP contribution is -2.55. The van der Waals surface area contributed by atoms with Crippen LogP contribution >= 0.6 is 11.6 Å². The summed E-state index contributed by atoms with van der Waals surface area (Å²) in [5, 5.41) is 19.9. The molecule has 1 saturated carbocycles. The fourth-order valence-electron chi connectivity index (χ4n) is 3.23. The number of nitrogens with zero attached hydrogens (tertiary/aromatic N) is 3. The van der Waals surface area contributed by atoms with E-state index in [2.05, 4.69) is 15.6 Å². The second-order valence-corrected chi connectivity index (χ2v) is 6.84. The van der Waals surface area contributed by atoms with Gasteiger partial charge in [0, 0.05) is 0 Å². The average molecular weight is 381 g/mol. The normalized spacial score (nSPS) is 16.3. The monoisotopic (exact) mass is 380 g/mol. The zero-order valence-corrected chi connectivity index (χ0v) is 14.9. The predicted molar refractivity (Wildman–Crippen MR) is 92.0 cm³/mol. The van der Waals surface area contributed by atoms with Gasteiger partial charge in [0.05, 0.1) is 16.4 Å². The summed E-state index contributed by atoms with van der Waals surface area (Å²) in [6.45, 7) is 1.63. The van der Waals surface area contributed by atoms with Gasteiger partial charge in [0.25, 0.3) is 5.91 Å². The minimum Gasteiger partial charge on any atom is -0.480 e. The van der Waals surface area contributed by atoms with E-state index in [0.717, 1.165) is 19.3 Å². The van der Waals surface area contributed by atoms with Crippen LogP contribution in [0.25, 0.3) is 5.69 Å². The maximum absolute atomic E-state index is 13.3. The molecule has 138 valence electrons. The molecule has 0 atom stereocenters. The Bertz CT molecular complexity index is 862. The molecule has 0 bridgehead atoms. The number of hydrogen-bond donors (Lipinski definition) is 2. The van der Waals surface area contributed by atoms with E-state index in [1.54, 1.807) is 6.92 Å². The van der Waals surface area contributed by atoms with Crippen molar-refractivity contribution in [3.8, 4) is 5.69 Å². The first kappa shape index (κ1) is 18.3. The highest BCUT2D eigenvalue weighted by atomic mass is 35.5. The first-order valence-electron chi connectivity index (χ1n) is 8.28. The molecule has 0 aliphatic heterocycles. The number of carboxylic acids is 1. The van der Waals surface area contributed by atoms with Crippen LogP contribution in [0.15, 0.2) is 18.2 Å². The quantitative estimate of drug-likeness (QED) is 0.850. The minimum absolute atomic E-state index is 0.0247. The Kier molecular flexibility index (Phi) is 4.95. The third-order valence-electron chi connectivity index (χ3n) is 4.73. The summed E-state index contributed by atoms with van der Waals surface area (Å²) in [6, 6.07) is 4.03. The number of rotatable bonds is 4. The first-order chi connectivity index (χ1) is 12.3. The highest BCUT2D eigenvalue weighted by Gasteiger charge is 2.41. The van der Waals surface area contributed by atoms with Crippen LogP contribution in [0.5, 0.6) is 0 Å². The Morgan fingerprint density at radius 2 is 2.00 bits per heavy atom. The SMILES string of the molecule is Cc1c(C(=O)NC2(C(=O)O)CCCCC2)nnn1-c1ccc(F)c(Cl)c1. The van der Waals surface area contributed by atoms with Crippen molar-refractivity contribution >= 4 is 23.5 Å². The van der Waals surface area contributed by atoms with Crippen molar-refractivity contribution in [3.63, 3.8) is 0 Å². The lowest BCUT2D eigenvalue weighted by Gasteiger charge is -2.33. The highest BCUT2D eigenvalue weighted by molar-refractivity contribution is 6.30. The standard InChI is InChI=1S/C17H18ClFN4O3/c1-10-14(15(24)20-17(16(25)26)7-3-2-4-8-17)21-22-23(10)11-5-6-13(19)12(18)9-11/h5-6,9H,2-4,7-8H2,1H3,(H,20,24)(H,25,26). The number of amides is 1. The fraction of sp³-hybridized carbons (Fsp3) is 0.412. The van der Waals surface area contributed by atoms with E-state index in [-0.39, 0.29) is 10.7 Å². The van der Waals surface area contributed by atoms with Gasteiger partial charge in [-0.15, -0.1) is 5.10 Å². The Hall–Kier alpha value is -2.48. The smallest absolute Gasteiger partial charge is 0.329 e. The molecule has 1 amide bonds. The number of halogens is 2. The molecule has 2 aromatic rings. The highest BCUT2D eigenvalue weighted by Crippen LogP contribution is 2.29. The van der Waals surface area contributed by atoms with Gasteiger partial charge < -0.3 is 10.4 Å². The van der Waals surface area contributed by atoms with Crippen LogP contribution in [0.3, 0.4) is 0 Å². The van der Waals surface area contributed by atoms with Crippen LogP contribution in [0.2, 0.25) is 5.02 Å². The molecule has 26 heavy (non-hydrogen) atoms. The molecule has 0 saturated heterocycles. The molecule has 1 aliphatic rings. The molecular weight excluding hydrogens is 363 g/mol. The Labute approximate surface area is 154 Å². The molecule has 0 unspecified atom stereocenters. The van der Waals surface area contributed by atoms with Crippen LogP contribution in [-0.4, -0.2) is 37.5 Å². The lowest BCUT2D eigenvalue weighted by atomic mass is 9.81. The zero-order chi connectivity index (χ0) is 18.9. The maximum Gasteiger partial charge on any atom is 0.329 e. The molecule has 0 radical (unpaired) electrons. The second-order valence-electron chi connectivity index (χ2n) is 6.44. The third-order valence-corrected chi connectivity index (χ3v) is 5.02.